The standard InChI is InChI=1S/C17H20BrNO2S/c1-3-14-4-8-16(9-5-14)13(2)19-22(20,21)12-15-6-10-17(18)11-7-15/h4-11,13,19H,3,12H2,1-2H3/t13-/m1/s1. The van der Waals surface area contributed by atoms with E-state index in [0.717, 1.165) is 22.0 Å². The summed E-state index contributed by atoms with van der Waals surface area (Å²) in [7, 11) is -3.38. The van der Waals surface area contributed by atoms with E-state index in [-0.39, 0.29) is 11.8 Å². The number of rotatable bonds is 6. The maximum atomic E-state index is 12.3. The first kappa shape index (κ1) is 17.2. The summed E-state index contributed by atoms with van der Waals surface area (Å²) in [5.41, 5.74) is 2.98. The van der Waals surface area contributed by atoms with Crippen LogP contribution in [0.1, 0.15) is 36.6 Å². The first-order valence-electron chi connectivity index (χ1n) is 7.23. The largest absolute Gasteiger partial charge is 0.216 e. The molecule has 22 heavy (non-hydrogen) atoms. The topological polar surface area (TPSA) is 46.2 Å². The van der Waals surface area contributed by atoms with Crippen molar-refractivity contribution in [1.82, 2.24) is 4.72 Å². The lowest BCUT2D eigenvalue weighted by Crippen LogP contribution is -2.28. The molecule has 0 radical (unpaired) electrons. The Hall–Kier alpha value is -1.17. The van der Waals surface area contributed by atoms with E-state index in [4.69, 9.17) is 0 Å². The molecule has 0 aliphatic rings. The fourth-order valence-corrected chi connectivity index (χ4v) is 3.87. The monoisotopic (exact) mass is 381 g/mol. The maximum absolute atomic E-state index is 12.3. The van der Waals surface area contributed by atoms with Crippen LogP contribution in [0, 0.1) is 0 Å². The number of nitrogens with one attached hydrogen (secondary N) is 1. The predicted molar refractivity (Wildman–Crippen MR) is 94.1 cm³/mol. The number of halogens is 1. The first-order chi connectivity index (χ1) is 10.4. The highest BCUT2D eigenvalue weighted by Gasteiger charge is 2.16. The van der Waals surface area contributed by atoms with E-state index in [1.54, 1.807) is 0 Å². The summed E-state index contributed by atoms with van der Waals surface area (Å²) in [6.45, 7) is 3.96. The maximum Gasteiger partial charge on any atom is 0.216 e. The van der Waals surface area contributed by atoms with E-state index in [1.165, 1.54) is 5.56 Å². The van der Waals surface area contributed by atoms with Crippen LogP contribution in [0.15, 0.2) is 53.0 Å². The second kappa shape index (κ2) is 7.40. The molecule has 0 aliphatic carbocycles. The second-order valence-electron chi connectivity index (χ2n) is 5.32. The highest BCUT2D eigenvalue weighted by molar-refractivity contribution is 9.10. The van der Waals surface area contributed by atoms with Crippen molar-refractivity contribution in [3.8, 4) is 0 Å². The summed E-state index contributed by atoms with van der Waals surface area (Å²) < 4.78 is 28.2. The number of hydrogen-bond donors (Lipinski definition) is 1. The predicted octanol–water partition coefficient (Wildman–Crippen LogP) is 4.19. The smallest absolute Gasteiger partial charge is 0.212 e. The molecule has 3 nitrogen and oxygen atoms in total. The van der Waals surface area contributed by atoms with Crippen molar-refractivity contribution in [2.24, 2.45) is 0 Å². The van der Waals surface area contributed by atoms with Crippen LogP contribution >= 0.6 is 15.9 Å². The average Bonchev–Trinajstić information content (AvgIpc) is 2.49. The molecule has 0 amide bonds. The van der Waals surface area contributed by atoms with Crippen LogP contribution in [0.3, 0.4) is 0 Å². The summed E-state index contributed by atoms with van der Waals surface area (Å²) in [5.74, 6) is -0.0162. The summed E-state index contributed by atoms with van der Waals surface area (Å²) in [6, 6.07) is 15.1. The lowest BCUT2D eigenvalue weighted by Gasteiger charge is -2.15. The van der Waals surface area contributed by atoms with Crippen LogP contribution in [-0.4, -0.2) is 8.42 Å². The zero-order valence-electron chi connectivity index (χ0n) is 12.7. The van der Waals surface area contributed by atoms with Crippen molar-refractivity contribution in [2.75, 3.05) is 0 Å². The van der Waals surface area contributed by atoms with Crippen molar-refractivity contribution in [1.29, 1.82) is 0 Å². The number of aryl methyl sites for hydroxylation is 1. The SMILES string of the molecule is CCc1ccc([C@@H](C)NS(=O)(=O)Cc2ccc(Br)cc2)cc1. The zero-order chi connectivity index (χ0) is 16.2. The van der Waals surface area contributed by atoms with Gasteiger partial charge in [-0.1, -0.05) is 59.3 Å². The molecule has 0 heterocycles. The molecule has 0 aliphatic heterocycles. The summed E-state index contributed by atoms with van der Waals surface area (Å²) >= 11 is 3.34. The molecule has 2 aromatic carbocycles. The fourth-order valence-electron chi connectivity index (χ4n) is 2.22. The fraction of sp³-hybridized carbons (Fsp3) is 0.294. The second-order valence-corrected chi connectivity index (χ2v) is 7.99. The molecule has 5 heteroatoms. The van der Waals surface area contributed by atoms with Gasteiger partial charge in [0.15, 0.2) is 0 Å². The van der Waals surface area contributed by atoms with Crippen molar-refractivity contribution in [2.45, 2.75) is 32.1 Å². The van der Waals surface area contributed by atoms with Gasteiger partial charge in [-0.05, 0) is 42.2 Å². The molecule has 1 N–H and O–H groups in total. The Labute approximate surface area is 140 Å². The Bertz CT molecular complexity index is 709. The highest BCUT2D eigenvalue weighted by atomic mass is 79.9. The van der Waals surface area contributed by atoms with Crippen LogP contribution in [0.2, 0.25) is 0 Å². The van der Waals surface area contributed by atoms with Gasteiger partial charge in [-0.2, -0.15) is 0 Å². The van der Waals surface area contributed by atoms with Gasteiger partial charge in [0.1, 0.15) is 0 Å². The summed E-state index contributed by atoms with van der Waals surface area (Å²) in [5, 5.41) is 0. The Morgan fingerprint density at radius 3 is 2.09 bits per heavy atom. The van der Waals surface area contributed by atoms with E-state index in [0.29, 0.717) is 0 Å². The van der Waals surface area contributed by atoms with Gasteiger partial charge in [-0.15, -0.1) is 0 Å². The van der Waals surface area contributed by atoms with Crippen molar-refractivity contribution >= 4 is 26.0 Å². The van der Waals surface area contributed by atoms with Crippen molar-refractivity contribution < 1.29 is 8.42 Å². The van der Waals surface area contributed by atoms with Gasteiger partial charge in [0.05, 0.1) is 5.75 Å². The Morgan fingerprint density at radius 2 is 1.55 bits per heavy atom. The van der Waals surface area contributed by atoms with E-state index in [1.807, 2.05) is 55.5 Å². The van der Waals surface area contributed by atoms with E-state index in [2.05, 4.69) is 27.6 Å². The molecule has 0 saturated heterocycles. The van der Waals surface area contributed by atoms with Crippen LogP contribution in [0.5, 0.6) is 0 Å². The van der Waals surface area contributed by atoms with E-state index >= 15 is 0 Å². The normalized spacial score (nSPS) is 13.0. The van der Waals surface area contributed by atoms with Gasteiger partial charge in [0.25, 0.3) is 0 Å². The molecule has 0 aromatic heterocycles. The third-order valence-electron chi connectivity index (χ3n) is 3.51. The number of sulfonamides is 1. The molecular weight excluding hydrogens is 362 g/mol. The van der Waals surface area contributed by atoms with Crippen LogP contribution < -0.4 is 4.72 Å². The lowest BCUT2D eigenvalue weighted by molar-refractivity contribution is 0.566. The zero-order valence-corrected chi connectivity index (χ0v) is 15.1. The van der Waals surface area contributed by atoms with Crippen molar-refractivity contribution in [3.05, 3.63) is 69.7 Å². The van der Waals surface area contributed by atoms with Crippen LogP contribution in [0.4, 0.5) is 0 Å². The van der Waals surface area contributed by atoms with Crippen molar-refractivity contribution in [3.63, 3.8) is 0 Å². The molecule has 0 unspecified atom stereocenters. The summed E-state index contributed by atoms with van der Waals surface area (Å²) in [4.78, 5) is 0. The lowest BCUT2D eigenvalue weighted by atomic mass is 10.1. The van der Waals surface area contributed by atoms with Gasteiger partial charge in [-0.25, -0.2) is 13.1 Å². The highest BCUT2D eigenvalue weighted by Crippen LogP contribution is 2.17. The van der Waals surface area contributed by atoms with Crippen LogP contribution in [-0.2, 0) is 22.2 Å². The van der Waals surface area contributed by atoms with E-state index < -0.39 is 10.0 Å². The minimum atomic E-state index is -3.38. The number of hydrogen-bond acceptors (Lipinski definition) is 2. The Kier molecular flexibility index (Phi) is 5.78. The quantitative estimate of drug-likeness (QED) is 0.814. The molecular formula is C17H20BrNO2S. The van der Waals surface area contributed by atoms with Gasteiger partial charge in [0.2, 0.25) is 10.0 Å². The first-order valence-corrected chi connectivity index (χ1v) is 9.67. The molecule has 2 rings (SSSR count). The molecule has 1 atom stereocenters. The van der Waals surface area contributed by atoms with E-state index in [9.17, 15) is 8.42 Å². The number of benzene rings is 2. The minimum Gasteiger partial charge on any atom is -0.212 e. The third-order valence-corrected chi connectivity index (χ3v) is 5.47. The molecule has 0 saturated carbocycles. The van der Waals surface area contributed by atoms with Gasteiger partial charge < -0.3 is 0 Å². The van der Waals surface area contributed by atoms with Crippen LogP contribution in [0.25, 0.3) is 0 Å². The third kappa shape index (κ3) is 4.93. The molecule has 0 bridgehead atoms. The molecule has 118 valence electrons. The molecule has 0 fully saturated rings. The van der Waals surface area contributed by atoms with Gasteiger partial charge >= 0.3 is 0 Å². The van der Waals surface area contributed by atoms with Gasteiger partial charge in [0, 0.05) is 10.5 Å². The Morgan fingerprint density at radius 1 is 1.00 bits per heavy atom. The minimum absolute atomic E-state index is 0.0162. The summed E-state index contributed by atoms with van der Waals surface area (Å²) in [6.07, 6.45) is 0.976. The average molecular weight is 382 g/mol. The molecule has 0 spiro atoms. The molecule has 2 aromatic rings. The van der Waals surface area contributed by atoms with Gasteiger partial charge in [-0.3, -0.25) is 0 Å². The Balaban J connectivity index is 2.05.